The van der Waals surface area contributed by atoms with Gasteiger partial charge in [0.2, 0.25) is 0 Å². The number of nitrogens with zero attached hydrogens (tertiary/aromatic N) is 1. The summed E-state index contributed by atoms with van der Waals surface area (Å²) in [6.45, 7) is 2.09. The van der Waals surface area contributed by atoms with Gasteiger partial charge in [0.05, 0.1) is 5.52 Å². The number of unbranched alkanes of at least 4 members (excludes halogenated alkanes) is 1. The number of nitrogens with one attached hydrogen (secondary N) is 2. The van der Waals surface area contributed by atoms with E-state index < -0.39 is 0 Å². The predicted molar refractivity (Wildman–Crippen MR) is 73.4 cm³/mol. The molecule has 1 aromatic heterocycles. The van der Waals surface area contributed by atoms with Gasteiger partial charge in [0, 0.05) is 23.8 Å². The summed E-state index contributed by atoms with van der Waals surface area (Å²) >= 11 is 0. The number of pyridine rings is 1. The van der Waals surface area contributed by atoms with Gasteiger partial charge in [0.1, 0.15) is 0 Å². The number of aromatic nitrogens is 1. The summed E-state index contributed by atoms with van der Waals surface area (Å²) in [6, 6.07) is 10.3. The van der Waals surface area contributed by atoms with Gasteiger partial charge in [0.15, 0.2) is 0 Å². The monoisotopic (exact) mass is 229 g/mol. The fourth-order valence-corrected chi connectivity index (χ4v) is 1.90. The molecule has 0 radical (unpaired) electrons. The number of hydrogen-bond donors (Lipinski definition) is 2. The molecule has 1 aromatic carbocycles. The van der Waals surface area contributed by atoms with Gasteiger partial charge in [-0.3, -0.25) is 4.98 Å². The molecule has 0 aliphatic carbocycles. The molecule has 0 fully saturated rings. The van der Waals surface area contributed by atoms with Crippen LogP contribution in [0.2, 0.25) is 0 Å². The number of anilines is 1. The van der Waals surface area contributed by atoms with Crippen molar-refractivity contribution in [2.75, 3.05) is 25.5 Å². The first-order valence-electron chi connectivity index (χ1n) is 6.14. The molecule has 2 aromatic rings. The second-order valence-corrected chi connectivity index (χ2v) is 4.11. The average Bonchev–Trinajstić information content (AvgIpc) is 2.39. The van der Waals surface area contributed by atoms with Crippen LogP contribution in [0.15, 0.2) is 36.5 Å². The summed E-state index contributed by atoms with van der Waals surface area (Å²) in [6.07, 6.45) is 4.24. The Balaban J connectivity index is 1.98. The van der Waals surface area contributed by atoms with Crippen molar-refractivity contribution in [2.24, 2.45) is 0 Å². The average molecular weight is 229 g/mol. The standard InChI is InChI=1S/C14H19N3/c1-15-9-4-5-10-16-14-8-11-17-13-7-3-2-6-12(13)14/h2-3,6-8,11,15H,4-5,9-10H2,1H3,(H,16,17). The Morgan fingerprint density at radius 2 is 1.88 bits per heavy atom. The molecule has 17 heavy (non-hydrogen) atoms. The Hall–Kier alpha value is -1.61. The van der Waals surface area contributed by atoms with E-state index in [-0.39, 0.29) is 0 Å². The maximum Gasteiger partial charge on any atom is 0.0722 e. The smallest absolute Gasteiger partial charge is 0.0722 e. The lowest BCUT2D eigenvalue weighted by molar-refractivity contribution is 0.695. The highest BCUT2D eigenvalue weighted by atomic mass is 14.9. The molecule has 0 aliphatic heterocycles. The molecule has 3 nitrogen and oxygen atoms in total. The van der Waals surface area contributed by atoms with E-state index in [1.165, 1.54) is 23.9 Å². The summed E-state index contributed by atoms with van der Waals surface area (Å²) in [5, 5.41) is 7.83. The van der Waals surface area contributed by atoms with Crippen molar-refractivity contribution in [3.8, 4) is 0 Å². The highest BCUT2D eigenvalue weighted by molar-refractivity contribution is 5.90. The van der Waals surface area contributed by atoms with Gasteiger partial charge in [-0.1, -0.05) is 18.2 Å². The first kappa shape index (κ1) is 11.9. The van der Waals surface area contributed by atoms with Gasteiger partial charge in [-0.05, 0) is 38.6 Å². The number of hydrogen-bond acceptors (Lipinski definition) is 3. The summed E-state index contributed by atoms with van der Waals surface area (Å²) in [5.41, 5.74) is 2.23. The van der Waals surface area contributed by atoms with Gasteiger partial charge in [-0.15, -0.1) is 0 Å². The van der Waals surface area contributed by atoms with Crippen LogP contribution in [0, 0.1) is 0 Å². The predicted octanol–water partition coefficient (Wildman–Crippen LogP) is 2.65. The zero-order valence-electron chi connectivity index (χ0n) is 10.2. The Labute approximate surface area is 102 Å². The minimum atomic E-state index is 1.01. The van der Waals surface area contributed by atoms with Crippen molar-refractivity contribution in [3.05, 3.63) is 36.5 Å². The van der Waals surface area contributed by atoms with Crippen LogP contribution in [0.1, 0.15) is 12.8 Å². The number of fused-ring (bicyclic) bond motifs is 1. The third-order valence-electron chi connectivity index (χ3n) is 2.82. The maximum atomic E-state index is 4.35. The SMILES string of the molecule is CNCCCCNc1ccnc2ccccc12. The fraction of sp³-hybridized carbons (Fsp3) is 0.357. The van der Waals surface area contributed by atoms with E-state index in [1.54, 1.807) is 0 Å². The van der Waals surface area contributed by atoms with Crippen LogP contribution >= 0.6 is 0 Å². The Morgan fingerprint density at radius 1 is 1.06 bits per heavy atom. The molecule has 0 spiro atoms. The molecule has 0 atom stereocenters. The molecule has 0 saturated heterocycles. The van der Waals surface area contributed by atoms with E-state index in [9.17, 15) is 0 Å². The molecule has 0 bridgehead atoms. The van der Waals surface area contributed by atoms with Gasteiger partial charge >= 0.3 is 0 Å². The largest absolute Gasteiger partial charge is 0.384 e. The minimum absolute atomic E-state index is 1.01. The quantitative estimate of drug-likeness (QED) is 0.748. The molecule has 0 aliphatic rings. The maximum absolute atomic E-state index is 4.35. The van der Waals surface area contributed by atoms with Crippen LogP contribution in [0.25, 0.3) is 10.9 Å². The molecular formula is C14H19N3. The van der Waals surface area contributed by atoms with E-state index in [2.05, 4.69) is 27.8 Å². The highest BCUT2D eigenvalue weighted by Gasteiger charge is 1.99. The summed E-state index contributed by atoms with van der Waals surface area (Å²) in [7, 11) is 1.99. The fourth-order valence-electron chi connectivity index (χ4n) is 1.90. The summed E-state index contributed by atoms with van der Waals surface area (Å²) in [4.78, 5) is 4.35. The van der Waals surface area contributed by atoms with E-state index in [4.69, 9.17) is 0 Å². The van der Waals surface area contributed by atoms with E-state index in [1.807, 2.05) is 31.4 Å². The second kappa shape index (κ2) is 6.21. The lowest BCUT2D eigenvalue weighted by atomic mass is 10.2. The molecule has 1 heterocycles. The van der Waals surface area contributed by atoms with Gasteiger partial charge in [-0.25, -0.2) is 0 Å². The third kappa shape index (κ3) is 3.17. The zero-order valence-corrected chi connectivity index (χ0v) is 10.2. The van der Waals surface area contributed by atoms with Crippen molar-refractivity contribution >= 4 is 16.6 Å². The molecule has 0 amide bonds. The van der Waals surface area contributed by atoms with Gasteiger partial charge < -0.3 is 10.6 Å². The van der Waals surface area contributed by atoms with Crippen LogP contribution in [0.5, 0.6) is 0 Å². The van der Waals surface area contributed by atoms with Crippen molar-refractivity contribution in [1.29, 1.82) is 0 Å². The highest BCUT2D eigenvalue weighted by Crippen LogP contribution is 2.20. The lowest BCUT2D eigenvalue weighted by Crippen LogP contribution is -2.10. The Morgan fingerprint density at radius 3 is 2.76 bits per heavy atom. The minimum Gasteiger partial charge on any atom is -0.384 e. The summed E-state index contributed by atoms with van der Waals surface area (Å²) < 4.78 is 0. The van der Waals surface area contributed by atoms with Crippen LogP contribution in [-0.4, -0.2) is 25.1 Å². The molecule has 90 valence electrons. The molecule has 2 N–H and O–H groups in total. The first-order chi connectivity index (χ1) is 8.42. The Kier molecular flexibility index (Phi) is 4.33. The topological polar surface area (TPSA) is 37.0 Å². The van der Waals surface area contributed by atoms with E-state index in [0.717, 1.165) is 18.6 Å². The van der Waals surface area contributed by atoms with Crippen molar-refractivity contribution in [1.82, 2.24) is 10.3 Å². The van der Waals surface area contributed by atoms with Crippen molar-refractivity contribution < 1.29 is 0 Å². The molecule has 3 heteroatoms. The van der Waals surface area contributed by atoms with Crippen molar-refractivity contribution in [3.63, 3.8) is 0 Å². The Bertz CT molecular complexity index is 462. The van der Waals surface area contributed by atoms with Crippen LogP contribution in [0.3, 0.4) is 0 Å². The van der Waals surface area contributed by atoms with Crippen molar-refractivity contribution in [2.45, 2.75) is 12.8 Å². The first-order valence-corrected chi connectivity index (χ1v) is 6.14. The molecular weight excluding hydrogens is 210 g/mol. The zero-order chi connectivity index (χ0) is 11.9. The summed E-state index contributed by atoms with van der Waals surface area (Å²) in [5.74, 6) is 0. The molecule has 0 saturated carbocycles. The van der Waals surface area contributed by atoms with Crippen LogP contribution in [0.4, 0.5) is 5.69 Å². The lowest BCUT2D eigenvalue weighted by Gasteiger charge is -2.09. The second-order valence-electron chi connectivity index (χ2n) is 4.11. The normalized spacial score (nSPS) is 10.6. The third-order valence-corrected chi connectivity index (χ3v) is 2.82. The van der Waals surface area contributed by atoms with Gasteiger partial charge in [0.25, 0.3) is 0 Å². The molecule has 2 rings (SSSR count). The van der Waals surface area contributed by atoms with Crippen LogP contribution in [-0.2, 0) is 0 Å². The van der Waals surface area contributed by atoms with Crippen LogP contribution < -0.4 is 10.6 Å². The number of rotatable bonds is 6. The van der Waals surface area contributed by atoms with Gasteiger partial charge in [-0.2, -0.15) is 0 Å². The number of para-hydroxylation sites is 1. The molecule has 0 unspecified atom stereocenters. The number of benzene rings is 1. The van der Waals surface area contributed by atoms with E-state index in [0.29, 0.717) is 0 Å². The van der Waals surface area contributed by atoms with E-state index >= 15 is 0 Å².